The van der Waals surface area contributed by atoms with E-state index in [1.165, 1.54) is 11.1 Å². The van der Waals surface area contributed by atoms with Crippen LogP contribution in [0.5, 0.6) is 0 Å². The third-order valence-corrected chi connectivity index (χ3v) is 3.73. The first-order chi connectivity index (χ1) is 11.2. The Hall–Kier alpha value is -2.95. The standard InChI is InChI=1S/C18H19N5/c1-14-8-6-7-9-15(14)12-19-18-21-17(13-20-22-18)23(2)16-10-4-3-5-11-16/h3-11,13H,12H2,1-2H3,(H,19,21,22). The Balaban J connectivity index is 1.74. The van der Waals surface area contributed by atoms with Crippen LogP contribution in [-0.4, -0.2) is 22.2 Å². The van der Waals surface area contributed by atoms with E-state index in [4.69, 9.17) is 0 Å². The van der Waals surface area contributed by atoms with Crippen molar-refractivity contribution < 1.29 is 0 Å². The van der Waals surface area contributed by atoms with Crippen LogP contribution >= 0.6 is 0 Å². The summed E-state index contributed by atoms with van der Waals surface area (Å²) in [6, 6.07) is 18.3. The van der Waals surface area contributed by atoms with Gasteiger partial charge in [-0.1, -0.05) is 42.5 Å². The molecule has 0 amide bonds. The number of para-hydroxylation sites is 1. The Bertz CT molecular complexity index is 773. The zero-order valence-electron chi connectivity index (χ0n) is 13.3. The zero-order valence-corrected chi connectivity index (χ0v) is 13.3. The van der Waals surface area contributed by atoms with Gasteiger partial charge in [0.1, 0.15) is 0 Å². The molecule has 116 valence electrons. The van der Waals surface area contributed by atoms with Crippen molar-refractivity contribution in [3.63, 3.8) is 0 Å². The molecule has 3 aromatic rings. The summed E-state index contributed by atoms with van der Waals surface area (Å²) >= 11 is 0. The molecule has 1 aromatic heterocycles. The average Bonchev–Trinajstić information content (AvgIpc) is 2.61. The first-order valence-corrected chi connectivity index (χ1v) is 7.51. The third kappa shape index (κ3) is 3.63. The van der Waals surface area contributed by atoms with Gasteiger partial charge in [-0.25, -0.2) is 0 Å². The highest BCUT2D eigenvalue weighted by Crippen LogP contribution is 2.20. The van der Waals surface area contributed by atoms with Crippen LogP contribution < -0.4 is 10.2 Å². The number of aromatic nitrogens is 3. The number of hydrogen-bond donors (Lipinski definition) is 1. The molecule has 0 unspecified atom stereocenters. The molecule has 3 rings (SSSR count). The van der Waals surface area contributed by atoms with E-state index in [-0.39, 0.29) is 0 Å². The smallest absolute Gasteiger partial charge is 0.244 e. The number of aryl methyl sites for hydroxylation is 1. The second-order valence-corrected chi connectivity index (χ2v) is 5.31. The molecular weight excluding hydrogens is 286 g/mol. The highest BCUT2D eigenvalue weighted by molar-refractivity contribution is 5.58. The summed E-state index contributed by atoms with van der Waals surface area (Å²) in [4.78, 5) is 6.51. The van der Waals surface area contributed by atoms with Gasteiger partial charge in [-0.05, 0) is 30.2 Å². The minimum Gasteiger partial charge on any atom is -0.349 e. The molecule has 5 heteroatoms. The molecule has 5 nitrogen and oxygen atoms in total. The average molecular weight is 305 g/mol. The minimum atomic E-state index is 0.522. The molecule has 0 fully saturated rings. The van der Waals surface area contributed by atoms with Crippen LogP contribution in [0.3, 0.4) is 0 Å². The van der Waals surface area contributed by atoms with Crippen LogP contribution in [0.4, 0.5) is 17.5 Å². The molecule has 23 heavy (non-hydrogen) atoms. The van der Waals surface area contributed by atoms with Crippen molar-refractivity contribution in [1.29, 1.82) is 0 Å². The van der Waals surface area contributed by atoms with Gasteiger partial charge in [-0.3, -0.25) is 0 Å². The molecule has 0 aliphatic heterocycles. The summed E-state index contributed by atoms with van der Waals surface area (Å²) in [6.07, 6.45) is 1.66. The number of hydrogen-bond acceptors (Lipinski definition) is 5. The van der Waals surface area contributed by atoms with Crippen LogP contribution in [0.15, 0.2) is 60.8 Å². The molecule has 2 aromatic carbocycles. The van der Waals surface area contributed by atoms with E-state index in [0.717, 1.165) is 11.5 Å². The van der Waals surface area contributed by atoms with Gasteiger partial charge in [0.05, 0.1) is 6.20 Å². The van der Waals surface area contributed by atoms with E-state index in [0.29, 0.717) is 12.5 Å². The number of anilines is 3. The topological polar surface area (TPSA) is 53.9 Å². The van der Waals surface area contributed by atoms with Crippen molar-refractivity contribution in [2.75, 3.05) is 17.3 Å². The van der Waals surface area contributed by atoms with Crippen LogP contribution in [0.25, 0.3) is 0 Å². The lowest BCUT2D eigenvalue weighted by Gasteiger charge is -2.18. The summed E-state index contributed by atoms with van der Waals surface area (Å²) in [5.41, 5.74) is 3.52. The summed E-state index contributed by atoms with van der Waals surface area (Å²) in [7, 11) is 1.96. The van der Waals surface area contributed by atoms with Crippen molar-refractivity contribution in [3.8, 4) is 0 Å². The molecule has 0 aliphatic carbocycles. The minimum absolute atomic E-state index is 0.522. The van der Waals surface area contributed by atoms with Gasteiger partial charge < -0.3 is 10.2 Å². The highest BCUT2D eigenvalue weighted by Gasteiger charge is 2.07. The fraction of sp³-hybridized carbons (Fsp3) is 0.167. The Morgan fingerprint density at radius 2 is 1.74 bits per heavy atom. The first kappa shape index (κ1) is 15.0. The molecule has 0 radical (unpaired) electrons. The number of benzene rings is 2. The summed E-state index contributed by atoms with van der Waals surface area (Å²) in [5, 5.41) is 11.3. The van der Waals surface area contributed by atoms with Crippen molar-refractivity contribution in [2.24, 2.45) is 0 Å². The SMILES string of the molecule is Cc1ccccc1CNc1nncc(N(C)c2ccccc2)n1. The van der Waals surface area contributed by atoms with Crippen LogP contribution in [0.2, 0.25) is 0 Å². The maximum Gasteiger partial charge on any atom is 0.244 e. The molecule has 1 N–H and O–H groups in total. The normalized spacial score (nSPS) is 10.3. The van der Waals surface area contributed by atoms with Crippen molar-refractivity contribution in [3.05, 3.63) is 71.9 Å². The second-order valence-electron chi connectivity index (χ2n) is 5.31. The summed E-state index contributed by atoms with van der Waals surface area (Å²) in [6.45, 7) is 2.77. The molecule has 0 spiro atoms. The Morgan fingerprint density at radius 3 is 2.52 bits per heavy atom. The molecule has 0 saturated heterocycles. The van der Waals surface area contributed by atoms with Gasteiger partial charge in [0, 0.05) is 19.3 Å². The molecule has 0 aliphatic rings. The maximum atomic E-state index is 4.53. The number of nitrogens with one attached hydrogen (secondary N) is 1. The lowest BCUT2D eigenvalue weighted by molar-refractivity contribution is 0.928. The summed E-state index contributed by atoms with van der Waals surface area (Å²) in [5.74, 6) is 1.27. The van der Waals surface area contributed by atoms with Gasteiger partial charge >= 0.3 is 0 Å². The van der Waals surface area contributed by atoms with Gasteiger partial charge in [0.25, 0.3) is 0 Å². The molecule has 0 saturated carbocycles. The van der Waals surface area contributed by atoms with Crippen LogP contribution in [-0.2, 0) is 6.54 Å². The maximum absolute atomic E-state index is 4.53. The highest BCUT2D eigenvalue weighted by atomic mass is 15.3. The third-order valence-electron chi connectivity index (χ3n) is 3.73. The quantitative estimate of drug-likeness (QED) is 0.781. The molecule has 0 bridgehead atoms. The van der Waals surface area contributed by atoms with Gasteiger partial charge in [0.2, 0.25) is 5.95 Å². The van der Waals surface area contributed by atoms with Crippen molar-refractivity contribution >= 4 is 17.5 Å². The van der Waals surface area contributed by atoms with E-state index < -0.39 is 0 Å². The monoisotopic (exact) mass is 305 g/mol. The Morgan fingerprint density at radius 1 is 1.00 bits per heavy atom. The first-order valence-electron chi connectivity index (χ1n) is 7.51. The van der Waals surface area contributed by atoms with Crippen LogP contribution in [0, 0.1) is 6.92 Å². The number of rotatable bonds is 5. The van der Waals surface area contributed by atoms with Gasteiger partial charge in [-0.15, -0.1) is 5.10 Å². The summed E-state index contributed by atoms with van der Waals surface area (Å²) < 4.78 is 0. The van der Waals surface area contributed by atoms with Gasteiger partial charge in [0.15, 0.2) is 5.82 Å². The predicted octanol–water partition coefficient (Wildman–Crippen LogP) is 3.56. The van der Waals surface area contributed by atoms with E-state index in [1.54, 1.807) is 6.20 Å². The lowest BCUT2D eigenvalue weighted by atomic mass is 10.1. The molecular formula is C18H19N5. The lowest BCUT2D eigenvalue weighted by Crippen LogP contribution is -2.14. The Labute approximate surface area is 136 Å². The Kier molecular flexibility index (Phi) is 4.47. The van der Waals surface area contributed by atoms with E-state index in [1.807, 2.05) is 54.4 Å². The van der Waals surface area contributed by atoms with E-state index in [9.17, 15) is 0 Å². The van der Waals surface area contributed by atoms with E-state index in [2.05, 4.69) is 39.6 Å². The molecule has 1 heterocycles. The van der Waals surface area contributed by atoms with Crippen molar-refractivity contribution in [2.45, 2.75) is 13.5 Å². The van der Waals surface area contributed by atoms with Crippen LogP contribution in [0.1, 0.15) is 11.1 Å². The van der Waals surface area contributed by atoms with Crippen molar-refractivity contribution in [1.82, 2.24) is 15.2 Å². The van der Waals surface area contributed by atoms with E-state index >= 15 is 0 Å². The molecule has 0 atom stereocenters. The zero-order chi connectivity index (χ0) is 16.1. The largest absolute Gasteiger partial charge is 0.349 e. The van der Waals surface area contributed by atoms with Gasteiger partial charge in [-0.2, -0.15) is 10.1 Å². The fourth-order valence-electron chi connectivity index (χ4n) is 2.30. The fourth-order valence-corrected chi connectivity index (χ4v) is 2.30. The number of nitrogens with zero attached hydrogens (tertiary/aromatic N) is 4. The second kappa shape index (κ2) is 6.87. The predicted molar refractivity (Wildman–Crippen MR) is 92.8 cm³/mol.